The zero-order valence-electron chi connectivity index (χ0n) is 11.9. The Hall–Kier alpha value is -2.39. The minimum Gasteiger partial charge on any atom is -0.481 e. The minimum atomic E-state index is 0.238. The van der Waals surface area contributed by atoms with Gasteiger partial charge >= 0.3 is 0 Å². The van der Waals surface area contributed by atoms with Crippen molar-refractivity contribution in [1.82, 2.24) is 9.97 Å². The molecule has 0 amide bonds. The number of pyridine rings is 2. The van der Waals surface area contributed by atoms with Crippen molar-refractivity contribution in [3.63, 3.8) is 0 Å². The molecule has 1 aliphatic heterocycles. The van der Waals surface area contributed by atoms with Crippen LogP contribution in [0.2, 0.25) is 0 Å². The smallest absolute Gasteiger partial charge is 0.213 e. The van der Waals surface area contributed by atoms with Gasteiger partial charge in [0, 0.05) is 31.4 Å². The molecule has 1 saturated heterocycles. The molecule has 2 aromatic rings. The highest BCUT2D eigenvalue weighted by Gasteiger charge is 2.22. The van der Waals surface area contributed by atoms with Crippen LogP contribution in [0.3, 0.4) is 0 Å². The van der Waals surface area contributed by atoms with Crippen LogP contribution in [0.1, 0.15) is 18.4 Å². The first-order chi connectivity index (χ1) is 10.2. The average Bonchev–Trinajstić information content (AvgIpc) is 2.54. The third kappa shape index (κ3) is 2.48. The van der Waals surface area contributed by atoms with Crippen LogP contribution in [0.15, 0.2) is 18.3 Å². The summed E-state index contributed by atoms with van der Waals surface area (Å²) in [5, 5.41) is 9.39. The maximum Gasteiger partial charge on any atom is 0.213 e. The molecule has 6 nitrogen and oxygen atoms in total. The molecule has 0 aromatic carbocycles. The third-order valence-corrected chi connectivity index (χ3v) is 3.85. The Balaban J connectivity index is 2.15. The summed E-state index contributed by atoms with van der Waals surface area (Å²) >= 11 is 0. The lowest BCUT2D eigenvalue weighted by molar-refractivity contribution is 0.399. The molecule has 1 aliphatic rings. The Morgan fingerprint density at radius 2 is 2.14 bits per heavy atom. The van der Waals surface area contributed by atoms with Gasteiger partial charge in [-0.15, -0.1) is 0 Å². The Morgan fingerprint density at radius 1 is 1.38 bits per heavy atom. The summed E-state index contributed by atoms with van der Waals surface area (Å²) in [6.45, 7) is 1.65. The second kappa shape index (κ2) is 5.54. The van der Waals surface area contributed by atoms with E-state index >= 15 is 0 Å². The average molecular weight is 283 g/mol. The first-order valence-corrected chi connectivity index (χ1v) is 6.97. The highest BCUT2D eigenvalue weighted by Crippen LogP contribution is 2.31. The molecule has 1 fully saturated rings. The Bertz CT molecular complexity index is 701. The number of aromatic nitrogens is 2. The van der Waals surface area contributed by atoms with Gasteiger partial charge in [-0.2, -0.15) is 5.26 Å². The number of rotatable bonds is 2. The summed E-state index contributed by atoms with van der Waals surface area (Å²) in [5.74, 6) is 0.523. The monoisotopic (exact) mass is 283 g/mol. The molecular formula is C15H17N5O. The Morgan fingerprint density at radius 3 is 2.81 bits per heavy atom. The van der Waals surface area contributed by atoms with Gasteiger partial charge in [0.2, 0.25) is 5.88 Å². The van der Waals surface area contributed by atoms with Crippen molar-refractivity contribution >= 4 is 16.7 Å². The number of nitrogens with zero attached hydrogens (tertiary/aromatic N) is 4. The summed E-state index contributed by atoms with van der Waals surface area (Å²) in [5.41, 5.74) is 8.82. The van der Waals surface area contributed by atoms with E-state index in [-0.39, 0.29) is 6.04 Å². The van der Waals surface area contributed by atoms with Crippen molar-refractivity contribution in [2.45, 2.75) is 18.9 Å². The number of hydrogen-bond acceptors (Lipinski definition) is 6. The fourth-order valence-electron chi connectivity index (χ4n) is 2.67. The van der Waals surface area contributed by atoms with Crippen molar-refractivity contribution in [2.24, 2.45) is 5.73 Å². The summed E-state index contributed by atoms with van der Waals surface area (Å²) in [6, 6.07) is 6.09. The summed E-state index contributed by atoms with van der Waals surface area (Å²) < 4.78 is 5.19. The predicted octanol–water partition coefficient (Wildman–Crippen LogP) is 1.44. The normalized spacial score (nSPS) is 16.0. The molecule has 21 heavy (non-hydrogen) atoms. The van der Waals surface area contributed by atoms with Crippen molar-refractivity contribution in [2.75, 3.05) is 25.1 Å². The van der Waals surface area contributed by atoms with E-state index in [0.717, 1.165) is 37.1 Å². The molecule has 0 radical (unpaired) electrons. The van der Waals surface area contributed by atoms with Gasteiger partial charge in [-0.25, -0.2) is 4.98 Å². The maximum absolute atomic E-state index is 9.39. The molecular weight excluding hydrogens is 266 g/mol. The van der Waals surface area contributed by atoms with Crippen molar-refractivity contribution in [3.05, 3.63) is 23.9 Å². The molecule has 6 heteroatoms. The molecule has 2 aromatic heterocycles. The number of nitriles is 1. The van der Waals surface area contributed by atoms with Crippen molar-refractivity contribution < 1.29 is 4.74 Å². The molecule has 3 heterocycles. The van der Waals surface area contributed by atoms with E-state index in [1.165, 1.54) is 0 Å². The zero-order valence-corrected chi connectivity index (χ0v) is 11.9. The highest BCUT2D eigenvalue weighted by atomic mass is 16.5. The van der Waals surface area contributed by atoms with Crippen molar-refractivity contribution in [3.8, 4) is 11.9 Å². The second-order valence-electron chi connectivity index (χ2n) is 5.18. The maximum atomic E-state index is 9.39. The lowest BCUT2D eigenvalue weighted by Gasteiger charge is -2.32. The number of hydrogen-bond donors (Lipinski definition) is 1. The van der Waals surface area contributed by atoms with Gasteiger partial charge in [-0.05, 0) is 18.9 Å². The van der Waals surface area contributed by atoms with E-state index in [2.05, 4.69) is 20.9 Å². The van der Waals surface area contributed by atoms with E-state index < -0.39 is 0 Å². The van der Waals surface area contributed by atoms with Crippen LogP contribution in [0, 0.1) is 11.3 Å². The van der Waals surface area contributed by atoms with Gasteiger partial charge in [0.05, 0.1) is 23.9 Å². The summed E-state index contributed by atoms with van der Waals surface area (Å²) in [6.07, 6.45) is 3.44. The minimum absolute atomic E-state index is 0.238. The number of fused-ring (bicyclic) bond motifs is 1. The largest absolute Gasteiger partial charge is 0.481 e. The Kier molecular flexibility index (Phi) is 3.59. The Labute approximate surface area is 123 Å². The zero-order chi connectivity index (χ0) is 14.8. The van der Waals surface area contributed by atoms with Gasteiger partial charge in [-0.3, -0.25) is 4.98 Å². The van der Waals surface area contributed by atoms with E-state index in [0.29, 0.717) is 17.0 Å². The molecule has 0 saturated carbocycles. The summed E-state index contributed by atoms with van der Waals surface area (Å²) in [4.78, 5) is 11.0. The van der Waals surface area contributed by atoms with Gasteiger partial charge in [-0.1, -0.05) is 0 Å². The van der Waals surface area contributed by atoms with E-state index in [1.807, 2.05) is 6.07 Å². The van der Waals surface area contributed by atoms with Crippen LogP contribution < -0.4 is 15.4 Å². The van der Waals surface area contributed by atoms with Gasteiger partial charge in [0.25, 0.3) is 0 Å². The SMILES string of the molecule is COc1ccc2ncc(C#N)c(N3CCC(N)CC3)c2n1. The molecule has 0 spiro atoms. The molecule has 2 N–H and O–H groups in total. The fourth-order valence-corrected chi connectivity index (χ4v) is 2.67. The first-order valence-electron chi connectivity index (χ1n) is 6.97. The fraction of sp³-hybridized carbons (Fsp3) is 0.400. The number of ether oxygens (including phenoxy) is 1. The lowest BCUT2D eigenvalue weighted by Crippen LogP contribution is -2.40. The molecule has 0 bridgehead atoms. The molecule has 0 atom stereocenters. The quantitative estimate of drug-likeness (QED) is 0.897. The number of piperidine rings is 1. The molecule has 3 rings (SSSR count). The highest BCUT2D eigenvalue weighted by molar-refractivity contribution is 5.91. The van der Waals surface area contributed by atoms with Crippen LogP contribution in [0.5, 0.6) is 5.88 Å². The standard InChI is InChI=1S/C15H17N5O/c1-21-13-3-2-12-14(19-13)15(10(8-16)9-18-12)20-6-4-11(17)5-7-20/h2-3,9,11H,4-7,17H2,1H3. The van der Waals surface area contributed by atoms with Crippen LogP contribution in [0.25, 0.3) is 11.0 Å². The van der Waals surface area contributed by atoms with Gasteiger partial charge < -0.3 is 15.4 Å². The van der Waals surface area contributed by atoms with Crippen LogP contribution in [-0.4, -0.2) is 36.2 Å². The van der Waals surface area contributed by atoms with E-state index in [1.54, 1.807) is 19.4 Å². The number of methoxy groups -OCH3 is 1. The molecule has 0 aliphatic carbocycles. The summed E-state index contributed by atoms with van der Waals surface area (Å²) in [7, 11) is 1.58. The van der Waals surface area contributed by atoms with Crippen LogP contribution >= 0.6 is 0 Å². The van der Waals surface area contributed by atoms with Crippen molar-refractivity contribution in [1.29, 1.82) is 5.26 Å². The van der Waals surface area contributed by atoms with Crippen LogP contribution in [-0.2, 0) is 0 Å². The number of nitrogens with two attached hydrogens (primary N) is 1. The van der Waals surface area contributed by atoms with E-state index in [4.69, 9.17) is 10.5 Å². The molecule has 108 valence electrons. The predicted molar refractivity (Wildman–Crippen MR) is 80.2 cm³/mol. The first kappa shape index (κ1) is 13.6. The second-order valence-corrected chi connectivity index (χ2v) is 5.18. The topological polar surface area (TPSA) is 88.1 Å². The van der Waals surface area contributed by atoms with E-state index in [9.17, 15) is 5.26 Å². The third-order valence-electron chi connectivity index (χ3n) is 3.85. The number of anilines is 1. The lowest BCUT2D eigenvalue weighted by atomic mass is 10.0. The van der Waals surface area contributed by atoms with Gasteiger partial charge in [0.1, 0.15) is 11.6 Å². The van der Waals surface area contributed by atoms with Gasteiger partial charge in [0.15, 0.2) is 0 Å². The molecule has 0 unspecified atom stereocenters. The van der Waals surface area contributed by atoms with Crippen LogP contribution in [0.4, 0.5) is 5.69 Å².